The average molecular weight is 366 g/mol. The van der Waals surface area contributed by atoms with Crippen molar-refractivity contribution < 1.29 is 4.74 Å². The Hall–Kier alpha value is -0.0000000000000000555. The predicted molar refractivity (Wildman–Crippen MR) is 80.8 cm³/mol. The van der Waals surface area contributed by atoms with Crippen LogP contribution in [0.5, 0.6) is 0 Å². The number of nitrogens with one attached hydrogen (secondary N) is 1. The van der Waals surface area contributed by atoms with E-state index in [2.05, 4.69) is 40.0 Å². The minimum atomic E-state index is 0.445. The molecule has 1 aromatic rings. The molecule has 0 spiro atoms. The van der Waals surface area contributed by atoms with E-state index in [1.54, 1.807) is 7.11 Å². The van der Waals surface area contributed by atoms with Gasteiger partial charge in [-0.1, -0.05) is 11.6 Å². The smallest absolute Gasteiger partial charge is 0.0648 e. The van der Waals surface area contributed by atoms with Crippen molar-refractivity contribution in [1.82, 2.24) is 0 Å². The molecular weight excluding hydrogens is 349 g/mol. The summed E-state index contributed by atoms with van der Waals surface area (Å²) in [5.41, 5.74) is 1.05. The predicted octanol–water partition coefficient (Wildman–Crippen LogP) is 4.31. The molecule has 0 heterocycles. The second kappa shape index (κ2) is 6.25. The third-order valence-electron chi connectivity index (χ3n) is 3.30. The van der Waals surface area contributed by atoms with Crippen LogP contribution < -0.4 is 5.32 Å². The zero-order valence-electron chi connectivity index (χ0n) is 9.88. The Morgan fingerprint density at radius 2 is 2.00 bits per heavy atom. The van der Waals surface area contributed by atoms with E-state index in [0.29, 0.717) is 12.1 Å². The maximum atomic E-state index is 6.21. The van der Waals surface area contributed by atoms with Gasteiger partial charge in [0.15, 0.2) is 0 Å². The van der Waals surface area contributed by atoms with Crippen LogP contribution in [0.15, 0.2) is 18.2 Å². The van der Waals surface area contributed by atoms with Gasteiger partial charge in [0.1, 0.15) is 0 Å². The van der Waals surface area contributed by atoms with E-state index in [1.807, 2.05) is 6.07 Å². The van der Waals surface area contributed by atoms with Crippen LogP contribution in [0, 0.1) is 3.57 Å². The van der Waals surface area contributed by atoms with Crippen molar-refractivity contribution >= 4 is 39.9 Å². The Bertz CT molecular complexity index is 378. The van der Waals surface area contributed by atoms with Crippen molar-refractivity contribution in [3.8, 4) is 0 Å². The number of ether oxygens (including phenoxy) is 1. The molecule has 4 heteroatoms. The highest BCUT2D eigenvalue weighted by molar-refractivity contribution is 14.1. The molecule has 1 N–H and O–H groups in total. The first kappa shape index (κ1) is 13.4. The summed E-state index contributed by atoms with van der Waals surface area (Å²) in [4.78, 5) is 0. The van der Waals surface area contributed by atoms with Gasteiger partial charge in [0.2, 0.25) is 0 Å². The molecule has 17 heavy (non-hydrogen) atoms. The lowest BCUT2D eigenvalue weighted by Crippen LogP contribution is -2.29. The summed E-state index contributed by atoms with van der Waals surface area (Å²) in [5.74, 6) is 0. The van der Waals surface area contributed by atoms with Gasteiger partial charge < -0.3 is 10.1 Å². The van der Waals surface area contributed by atoms with E-state index in [9.17, 15) is 0 Å². The Morgan fingerprint density at radius 1 is 1.29 bits per heavy atom. The number of hydrogen-bond donors (Lipinski definition) is 1. The molecule has 2 nitrogen and oxygen atoms in total. The quantitative estimate of drug-likeness (QED) is 0.806. The Balaban J connectivity index is 1.93. The van der Waals surface area contributed by atoms with Crippen molar-refractivity contribution in [2.24, 2.45) is 0 Å². The van der Waals surface area contributed by atoms with Gasteiger partial charge in [-0.2, -0.15) is 0 Å². The first-order chi connectivity index (χ1) is 8.19. The fourth-order valence-corrected chi connectivity index (χ4v) is 3.18. The summed E-state index contributed by atoms with van der Waals surface area (Å²) in [7, 11) is 1.80. The van der Waals surface area contributed by atoms with Crippen LogP contribution in [0.2, 0.25) is 5.02 Å². The number of rotatable bonds is 3. The van der Waals surface area contributed by atoms with Gasteiger partial charge >= 0.3 is 0 Å². The molecule has 0 saturated heterocycles. The van der Waals surface area contributed by atoms with E-state index in [-0.39, 0.29) is 0 Å². The number of anilines is 1. The van der Waals surface area contributed by atoms with Crippen molar-refractivity contribution in [2.75, 3.05) is 12.4 Å². The molecule has 0 bridgehead atoms. The van der Waals surface area contributed by atoms with E-state index in [0.717, 1.165) is 36.4 Å². The minimum Gasteiger partial charge on any atom is -0.381 e. The van der Waals surface area contributed by atoms with Gasteiger partial charge in [-0.05, 0) is 66.5 Å². The number of methoxy groups -OCH3 is 1. The fraction of sp³-hybridized carbons (Fsp3) is 0.538. The van der Waals surface area contributed by atoms with Crippen LogP contribution in [0.4, 0.5) is 5.69 Å². The van der Waals surface area contributed by atoms with Crippen LogP contribution in [-0.4, -0.2) is 19.3 Å². The first-order valence-electron chi connectivity index (χ1n) is 5.93. The fourth-order valence-electron chi connectivity index (χ4n) is 2.27. The molecule has 1 aliphatic carbocycles. The van der Waals surface area contributed by atoms with Crippen LogP contribution in [0.1, 0.15) is 25.7 Å². The topological polar surface area (TPSA) is 21.3 Å². The average Bonchev–Trinajstić information content (AvgIpc) is 2.34. The Labute approximate surface area is 121 Å². The van der Waals surface area contributed by atoms with Gasteiger partial charge in [-0.25, -0.2) is 0 Å². The van der Waals surface area contributed by atoms with Gasteiger partial charge in [0.25, 0.3) is 0 Å². The molecular formula is C13H17ClINO. The summed E-state index contributed by atoms with van der Waals surface area (Å²) >= 11 is 8.48. The lowest BCUT2D eigenvalue weighted by molar-refractivity contribution is 0.0682. The number of hydrogen-bond acceptors (Lipinski definition) is 2. The van der Waals surface area contributed by atoms with Gasteiger partial charge in [0, 0.05) is 16.7 Å². The van der Waals surface area contributed by atoms with Crippen LogP contribution in [-0.2, 0) is 4.74 Å². The second-order valence-corrected chi connectivity index (χ2v) is 6.13. The highest BCUT2D eigenvalue weighted by Gasteiger charge is 2.20. The molecule has 2 rings (SSSR count). The standard InChI is InChI=1S/C13H17ClINO/c1-17-11-5-3-10(4-6-11)16-13-7-2-9(15)8-12(13)14/h2,7-8,10-11,16H,3-6H2,1H3. The molecule has 1 aliphatic rings. The molecule has 1 saturated carbocycles. The first-order valence-corrected chi connectivity index (χ1v) is 7.39. The van der Waals surface area contributed by atoms with Gasteiger partial charge in [-0.15, -0.1) is 0 Å². The summed E-state index contributed by atoms with van der Waals surface area (Å²) in [6.45, 7) is 0. The molecule has 94 valence electrons. The molecule has 1 fully saturated rings. The summed E-state index contributed by atoms with van der Waals surface area (Å²) in [6.07, 6.45) is 5.02. The maximum Gasteiger partial charge on any atom is 0.0648 e. The molecule has 0 unspecified atom stereocenters. The normalized spacial score (nSPS) is 24.6. The molecule has 1 aromatic carbocycles. The van der Waals surface area contributed by atoms with Crippen LogP contribution >= 0.6 is 34.2 Å². The highest BCUT2D eigenvalue weighted by Crippen LogP contribution is 2.28. The Kier molecular flexibility index (Phi) is 4.94. The molecule has 0 atom stereocenters. The molecule has 0 aliphatic heterocycles. The summed E-state index contributed by atoms with van der Waals surface area (Å²) in [6, 6.07) is 6.66. The maximum absolute atomic E-state index is 6.21. The highest BCUT2D eigenvalue weighted by atomic mass is 127. The van der Waals surface area contributed by atoms with Gasteiger partial charge in [-0.3, -0.25) is 0 Å². The summed E-state index contributed by atoms with van der Waals surface area (Å²) in [5, 5.41) is 4.34. The van der Waals surface area contributed by atoms with E-state index < -0.39 is 0 Å². The third kappa shape index (κ3) is 3.73. The molecule has 0 aromatic heterocycles. The monoisotopic (exact) mass is 365 g/mol. The Morgan fingerprint density at radius 3 is 2.59 bits per heavy atom. The SMILES string of the molecule is COC1CCC(Nc2ccc(I)cc2Cl)CC1. The summed E-state index contributed by atoms with van der Waals surface area (Å²) < 4.78 is 6.54. The van der Waals surface area contributed by atoms with Gasteiger partial charge in [0.05, 0.1) is 16.8 Å². The van der Waals surface area contributed by atoms with Crippen molar-refractivity contribution in [1.29, 1.82) is 0 Å². The largest absolute Gasteiger partial charge is 0.381 e. The lowest BCUT2D eigenvalue weighted by Gasteiger charge is -2.29. The van der Waals surface area contributed by atoms with Crippen LogP contribution in [0.25, 0.3) is 0 Å². The van der Waals surface area contributed by atoms with Crippen LogP contribution in [0.3, 0.4) is 0 Å². The van der Waals surface area contributed by atoms with Crippen molar-refractivity contribution in [3.05, 3.63) is 26.8 Å². The zero-order valence-corrected chi connectivity index (χ0v) is 12.8. The number of halogens is 2. The van der Waals surface area contributed by atoms with Crippen molar-refractivity contribution in [3.63, 3.8) is 0 Å². The van der Waals surface area contributed by atoms with Crippen molar-refractivity contribution in [2.45, 2.75) is 37.8 Å². The minimum absolute atomic E-state index is 0.445. The zero-order chi connectivity index (χ0) is 12.3. The van der Waals surface area contributed by atoms with E-state index in [1.165, 1.54) is 3.57 Å². The lowest BCUT2D eigenvalue weighted by atomic mass is 9.93. The molecule has 0 radical (unpaired) electrons. The van der Waals surface area contributed by atoms with E-state index >= 15 is 0 Å². The third-order valence-corrected chi connectivity index (χ3v) is 4.28. The molecule has 0 amide bonds. The number of benzene rings is 1. The second-order valence-electron chi connectivity index (χ2n) is 4.48. The van der Waals surface area contributed by atoms with E-state index in [4.69, 9.17) is 16.3 Å².